The zero-order valence-corrected chi connectivity index (χ0v) is 16.0. The lowest BCUT2D eigenvalue weighted by Crippen LogP contribution is -2.23. The second kappa shape index (κ2) is 7.64. The minimum absolute atomic E-state index is 0.107. The highest BCUT2D eigenvalue weighted by molar-refractivity contribution is 5.94. The normalized spacial score (nSPS) is 13.5. The topological polar surface area (TPSA) is 75.4 Å². The Kier molecular flexibility index (Phi) is 4.89. The predicted molar refractivity (Wildman–Crippen MR) is 109 cm³/mol. The lowest BCUT2D eigenvalue weighted by molar-refractivity contribution is 0.0951. The molecule has 3 heterocycles. The van der Waals surface area contributed by atoms with Gasteiger partial charge in [-0.25, -0.2) is 9.97 Å². The number of amides is 1. The number of nitrogens with one attached hydrogen (secondary N) is 1. The van der Waals surface area contributed by atoms with Crippen molar-refractivity contribution in [3.8, 4) is 5.82 Å². The van der Waals surface area contributed by atoms with Crippen LogP contribution < -0.4 is 10.3 Å². The lowest BCUT2D eigenvalue weighted by Gasteiger charge is -2.14. The van der Waals surface area contributed by atoms with Gasteiger partial charge < -0.3 is 5.32 Å². The van der Waals surface area contributed by atoms with Gasteiger partial charge in [0.1, 0.15) is 11.6 Å². The third-order valence-corrected chi connectivity index (χ3v) is 4.74. The second-order valence-corrected chi connectivity index (χ2v) is 6.80. The summed E-state index contributed by atoms with van der Waals surface area (Å²) in [6.07, 6.45) is 6.33. The molecule has 0 radical (unpaired) electrons. The minimum atomic E-state index is -0.107. The molecule has 7 nitrogen and oxygen atoms in total. The highest BCUT2D eigenvalue weighted by Gasteiger charge is 2.13. The molecule has 2 aromatic heterocycles. The van der Waals surface area contributed by atoms with Gasteiger partial charge in [0, 0.05) is 49.4 Å². The summed E-state index contributed by atoms with van der Waals surface area (Å²) >= 11 is 0. The lowest BCUT2D eigenvalue weighted by atomic mass is 10.2. The van der Waals surface area contributed by atoms with Crippen LogP contribution in [0.4, 0.5) is 5.69 Å². The van der Waals surface area contributed by atoms with Gasteiger partial charge >= 0.3 is 0 Å². The van der Waals surface area contributed by atoms with Crippen molar-refractivity contribution in [2.24, 2.45) is 5.10 Å². The third kappa shape index (κ3) is 3.78. The molecule has 1 aliphatic heterocycles. The molecule has 0 bridgehead atoms. The van der Waals surface area contributed by atoms with Crippen LogP contribution in [0, 0.1) is 6.92 Å². The molecule has 1 amide bonds. The van der Waals surface area contributed by atoms with Crippen LogP contribution >= 0.6 is 0 Å². The number of carbonyl (C=O) groups excluding carboxylic acids is 1. The first-order valence-electron chi connectivity index (χ1n) is 9.25. The number of nitrogens with zero attached hydrogens (tertiary/aromatic N) is 5. The molecule has 7 heteroatoms. The smallest absolute Gasteiger partial charge is 0.251 e. The molecule has 0 aliphatic carbocycles. The van der Waals surface area contributed by atoms with Crippen molar-refractivity contribution in [1.29, 1.82) is 0 Å². The number of anilines is 1. The fourth-order valence-corrected chi connectivity index (χ4v) is 3.15. The summed E-state index contributed by atoms with van der Waals surface area (Å²) in [7, 11) is 0. The van der Waals surface area contributed by atoms with Crippen LogP contribution in [0.15, 0.2) is 60.1 Å². The Morgan fingerprint density at radius 3 is 2.61 bits per heavy atom. The molecular formula is C21H22N6O. The summed E-state index contributed by atoms with van der Waals surface area (Å²) < 4.78 is 1.91. The van der Waals surface area contributed by atoms with Crippen molar-refractivity contribution in [1.82, 2.24) is 19.9 Å². The van der Waals surface area contributed by atoms with Crippen LogP contribution in [-0.4, -0.2) is 32.7 Å². The minimum Gasteiger partial charge on any atom is -0.348 e. The number of pyridine rings is 1. The summed E-state index contributed by atoms with van der Waals surface area (Å²) in [5.74, 6) is 1.55. The van der Waals surface area contributed by atoms with Crippen LogP contribution in [0.25, 0.3) is 5.82 Å². The Balaban J connectivity index is 1.40. The molecule has 0 atom stereocenters. The standard InChI is InChI=1S/C21H22N6O/c1-15-8-11-27(25-15)19-5-3-18(4-6-19)21(28)24-14-17-7-9-23-20(13-17)26-12-10-22-16(26)2/h3-7,9-10,12-13H,8,11,14H2,1-2H3,(H,24,28). The molecule has 1 aromatic carbocycles. The Morgan fingerprint density at radius 2 is 1.93 bits per heavy atom. The van der Waals surface area contributed by atoms with Gasteiger partial charge in [-0.3, -0.25) is 14.4 Å². The number of aryl methyl sites for hydroxylation is 1. The number of imidazole rings is 1. The number of benzene rings is 1. The van der Waals surface area contributed by atoms with E-state index in [-0.39, 0.29) is 5.91 Å². The molecule has 3 aromatic rings. The molecule has 4 rings (SSSR count). The van der Waals surface area contributed by atoms with Crippen LogP contribution in [0.5, 0.6) is 0 Å². The van der Waals surface area contributed by atoms with E-state index in [2.05, 4.69) is 20.4 Å². The van der Waals surface area contributed by atoms with E-state index in [0.29, 0.717) is 12.1 Å². The summed E-state index contributed by atoms with van der Waals surface area (Å²) in [6.45, 7) is 5.27. The second-order valence-electron chi connectivity index (χ2n) is 6.80. The van der Waals surface area contributed by atoms with Gasteiger partial charge in [-0.1, -0.05) is 0 Å². The van der Waals surface area contributed by atoms with Crippen LogP contribution in [-0.2, 0) is 6.54 Å². The van der Waals surface area contributed by atoms with Crippen LogP contribution in [0.1, 0.15) is 35.1 Å². The maximum atomic E-state index is 12.5. The summed E-state index contributed by atoms with van der Waals surface area (Å²) in [5.41, 5.74) is 3.74. The number of hydrogen-bond acceptors (Lipinski definition) is 5. The molecule has 0 saturated carbocycles. The van der Waals surface area contributed by atoms with E-state index < -0.39 is 0 Å². The van der Waals surface area contributed by atoms with Gasteiger partial charge in [0.15, 0.2) is 0 Å². The van der Waals surface area contributed by atoms with Crippen molar-refractivity contribution < 1.29 is 4.79 Å². The monoisotopic (exact) mass is 374 g/mol. The number of rotatable bonds is 5. The van der Waals surface area contributed by atoms with Crippen molar-refractivity contribution in [3.63, 3.8) is 0 Å². The van der Waals surface area contributed by atoms with Gasteiger partial charge in [0.05, 0.1) is 5.69 Å². The van der Waals surface area contributed by atoms with E-state index in [4.69, 9.17) is 0 Å². The molecule has 1 N–H and O–H groups in total. The number of hydrazone groups is 1. The highest BCUT2D eigenvalue weighted by atomic mass is 16.1. The molecule has 1 aliphatic rings. The molecule has 0 spiro atoms. The zero-order chi connectivity index (χ0) is 19.5. The highest BCUT2D eigenvalue weighted by Crippen LogP contribution is 2.20. The van der Waals surface area contributed by atoms with E-state index in [1.807, 2.05) is 66.0 Å². The average Bonchev–Trinajstić information content (AvgIpc) is 3.35. The first kappa shape index (κ1) is 17.9. The first-order chi connectivity index (χ1) is 13.6. The average molecular weight is 374 g/mol. The molecule has 0 unspecified atom stereocenters. The van der Waals surface area contributed by atoms with Crippen LogP contribution in [0.2, 0.25) is 0 Å². The van der Waals surface area contributed by atoms with E-state index in [1.165, 1.54) is 0 Å². The van der Waals surface area contributed by atoms with Gasteiger partial charge in [0.25, 0.3) is 5.91 Å². The van der Waals surface area contributed by atoms with Crippen molar-refractivity contribution >= 4 is 17.3 Å². The third-order valence-electron chi connectivity index (χ3n) is 4.74. The van der Waals surface area contributed by atoms with Crippen LogP contribution in [0.3, 0.4) is 0 Å². The van der Waals surface area contributed by atoms with E-state index in [1.54, 1.807) is 12.4 Å². The number of aromatic nitrogens is 3. The zero-order valence-electron chi connectivity index (χ0n) is 16.0. The van der Waals surface area contributed by atoms with Crippen molar-refractivity contribution in [3.05, 3.63) is 71.9 Å². The van der Waals surface area contributed by atoms with Crippen molar-refractivity contribution in [2.75, 3.05) is 11.6 Å². The Hall–Kier alpha value is -3.48. The van der Waals surface area contributed by atoms with Gasteiger partial charge in [0.2, 0.25) is 0 Å². The van der Waals surface area contributed by atoms with E-state index in [9.17, 15) is 4.79 Å². The quantitative estimate of drug-likeness (QED) is 0.745. The van der Waals surface area contributed by atoms with Gasteiger partial charge in [-0.05, 0) is 55.8 Å². The van der Waals surface area contributed by atoms with Crippen molar-refractivity contribution in [2.45, 2.75) is 26.8 Å². The maximum absolute atomic E-state index is 12.5. The maximum Gasteiger partial charge on any atom is 0.251 e. The van der Waals surface area contributed by atoms with Gasteiger partial charge in [-0.15, -0.1) is 0 Å². The largest absolute Gasteiger partial charge is 0.348 e. The van der Waals surface area contributed by atoms with E-state index >= 15 is 0 Å². The van der Waals surface area contributed by atoms with Gasteiger partial charge in [-0.2, -0.15) is 5.10 Å². The predicted octanol–water partition coefficient (Wildman–Crippen LogP) is 3.09. The summed E-state index contributed by atoms with van der Waals surface area (Å²) in [6, 6.07) is 11.4. The number of hydrogen-bond donors (Lipinski definition) is 1. The first-order valence-corrected chi connectivity index (χ1v) is 9.25. The fourth-order valence-electron chi connectivity index (χ4n) is 3.15. The summed E-state index contributed by atoms with van der Waals surface area (Å²) in [4.78, 5) is 21.1. The Labute approximate surface area is 163 Å². The molecular weight excluding hydrogens is 352 g/mol. The molecule has 28 heavy (non-hydrogen) atoms. The summed E-state index contributed by atoms with van der Waals surface area (Å²) in [5, 5.41) is 9.41. The molecule has 0 saturated heterocycles. The molecule has 0 fully saturated rings. The Morgan fingerprint density at radius 1 is 1.11 bits per heavy atom. The fraction of sp³-hybridized carbons (Fsp3) is 0.238. The SMILES string of the molecule is CC1=NN(c2ccc(C(=O)NCc3ccnc(-n4ccnc4C)c3)cc2)CC1. The molecule has 142 valence electrons. The van der Waals surface area contributed by atoms with E-state index in [0.717, 1.165) is 41.6 Å². The Bertz CT molecular complexity index is 1020. The number of carbonyl (C=O) groups is 1.